The fourth-order valence-corrected chi connectivity index (χ4v) is 4.13. The molecule has 0 bridgehead atoms. The summed E-state index contributed by atoms with van der Waals surface area (Å²) >= 11 is 1.40. The molecule has 3 rings (SSSR count). The fraction of sp³-hybridized carbons (Fsp3) is 0.632. The lowest BCUT2D eigenvalue weighted by Crippen LogP contribution is -2.39. The van der Waals surface area contributed by atoms with Crippen LogP contribution in [0.15, 0.2) is 0 Å². The van der Waals surface area contributed by atoms with E-state index in [1.807, 2.05) is 20.8 Å². The summed E-state index contributed by atoms with van der Waals surface area (Å²) < 4.78 is 10.7. The van der Waals surface area contributed by atoms with E-state index >= 15 is 0 Å². The first-order chi connectivity index (χ1) is 12.7. The predicted octanol–water partition coefficient (Wildman–Crippen LogP) is 3.57. The molecule has 0 atom stereocenters. The third-order valence-corrected chi connectivity index (χ3v) is 5.57. The van der Waals surface area contributed by atoms with Crippen molar-refractivity contribution < 1.29 is 23.9 Å². The number of nitrogens with one attached hydrogen (secondary N) is 1. The molecule has 0 aromatic carbocycles. The van der Waals surface area contributed by atoms with Gasteiger partial charge in [0, 0.05) is 22.9 Å². The molecule has 1 aromatic rings. The molecule has 0 unspecified atom stereocenters. The number of hydrogen-bond acceptors (Lipinski definition) is 6. The summed E-state index contributed by atoms with van der Waals surface area (Å²) in [6, 6.07) is 0. The van der Waals surface area contributed by atoms with Crippen LogP contribution < -0.4 is 5.32 Å². The molecule has 1 aliphatic carbocycles. The second kappa shape index (κ2) is 7.50. The molecular weight excluding hydrogens is 368 g/mol. The Balaban J connectivity index is 1.86. The van der Waals surface area contributed by atoms with Gasteiger partial charge in [-0.3, -0.25) is 4.79 Å². The van der Waals surface area contributed by atoms with Crippen LogP contribution in [0.1, 0.15) is 61.3 Å². The summed E-state index contributed by atoms with van der Waals surface area (Å²) in [6.45, 7) is 8.23. The predicted molar refractivity (Wildman–Crippen MR) is 102 cm³/mol. The first-order valence-corrected chi connectivity index (χ1v) is 10.1. The Morgan fingerprint density at radius 1 is 1.26 bits per heavy atom. The first-order valence-electron chi connectivity index (χ1n) is 9.30. The van der Waals surface area contributed by atoms with Gasteiger partial charge < -0.3 is 19.7 Å². The van der Waals surface area contributed by atoms with Crippen molar-refractivity contribution in [3.8, 4) is 0 Å². The van der Waals surface area contributed by atoms with Crippen molar-refractivity contribution in [3.05, 3.63) is 16.0 Å². The van der Waals surface area contributed by atoms with Gasteiger partial charge in [0.25, 0.3) is 0 Å². The Labute approximate surface area is 163 Å². The molecule has 0 saturated heterocycles. The molecule has 0 spiro atoms. The lowest BCUT2D eigenvalue weighted by atomic mass is 10.0. The van der Waals surface area contributed by atoms with Gasteiger partial charge in [0.15, 0.2) is 0 Å². The summed E-state index contributed by atoms with van der Waals surface area (Å²) in [6.07, 6.45) is 1.99. The molecule has 148 valence electrons. The molecule has 27 heavy (non-hydrogen) atoms. The standard InChI is InChI=1S/C19H26N2O5S/c1-5-25-17(23)14-12-10-21(18(24)26-19(2,3)4)9-8-13(12)27-16(14)20-15(22)11-6-7-11/h11H,5-10H2,1-4H3,(H,20,22). The van der Waals surface area contributed by atoms with Crippen LogP contribution in [0.4, 0.5) is 9.80 Å². The van der Waals surface area contributed by atoms with Crippen molar-refractivity contribution in [3.63, 3.8) is 0 Å². The van der Waals surface area contributed by atoms with Gasteiger partial charge in [0.1, 0.15) is 10.6 Å². The van der Waals surface area contributed by atoms with Crippen molar-refractivity contribution in [2.75, 3.05) is 18.5 Å². The van der Waals surface area contributed by atoms with Crippen molar-refractivity contribution >= 4 is 34.3 Å². The number of thiophene rings is 1. The molecule has 2 amide bonds. The number of nitrogens with zero attached hydrogens (tertiary/aromatic N) is 1. The highest BCUT2D eigenvalue weighted by molar-refractivity contribution is 7.17. The largest absolute Gasteiger partial charge is 0.462 e. The van der Waals surface area contributed by atoms with Gasteiger partial charge in [-0.25, -0.2) is 9.59 Å². The van der Waals surface area contributed by atoms with Crippen molar-refractivity contribution in [2.45, 2.75) is 59.1 Å². The third kappa shape index (κ3) is 4.61. The van der Waals surface area contributed by atoms with E-state index in [0.29, 0.717) is 23.5 Å². The maximum Gasteiger partial charge on any atom is 0.410 e. The Hall–Kier alpha value is -2.09. The SMILES string of the molecule is CCOC(=O)c1c(NC(=O)C2CC2)sc2c1CN(C(=O)OC(C)(C)C)CC2. The number of hydrogen-bond donors (Lipinski definition) is 1. The fourth-order valence-electron chi connectivity index (χ4n) is 2.94. The zero-order valence-corrected chi connectivity index (χ0v) is 17.0. The number of anilines is 1. The van der Waals surface area contributed by atoms with Gasteiger partial charge in [-0.05, 0) is 47.0 Å². The molecule has 1 N–H and O–H groups in total. The maximum absolute atomic E-state index is 12.6. The number of carbonyl (C=O) groups excluding carboxylic acids is 3. The van der Waals surface area contributed by atoms with E-state index in [0.717, 1.165) is 23.3 Å². The van der Waals surface area contributed by atoms with Gasteiger partial charge in [-0.1, -0.05) is 0 Å². The average Bonchev–Trinajstić information content (AvgIpc) is 3.35. The summed E-state index contributed by atoms with van der Waals surface area (Å²) in [5.74, 6) is -0.479. The normalized spacial score (nSPS) is 16.5. The van der Waals surface area contributed by atoms with E-state index in [9.17, 15) is 14.4 Å². The molecule has 1 aliphatic heterocycles. The van der Waals surface area contributed by atoms with Gasteiger partial charge >= 0.3 is 12.1 Å². The summed E-state index contributed by atoms with van der Waals surface area (Å²) in [7, 11) is 0. The number of esters is 1. The van der Waals surface area contributed by atoms with E-state index in [1.165, 1.54) is 11.3 Å². The van der Waals surface area contributed by atoms with Crippen LogP contribution in [-0.2, 0) is 27.2 Å². The highest BCUT2D eigenvalue weighted by Gasteiger charge is 2.35. The number of ether oxygens (including phenoxy) is 2. The van der Waals surface area contributed by atoms with Crippen LogP contribution in [0.2, 0.25) is 0 Å². The number of amides is 2. The van der Waals surface area contributed by atoms with Gasteiger partial charge in [-0.15, -0.1) is 11.3 Å². The second-order valence-electron chi connectivity index (χ2n) is 7.84. The smallest absolute Gasteiger partial charge is 0.410 e. The molecule has 1 fully saturated rings. The quantitative estimate of drug-likeness (QED) is 0.789. The van der Waals surface area contributed by atoms with Crippen LogP contribution in [0.25, 0.3) is 0 Å². The zero-order chi connectivity index (χ0) is 19.8. The molecule has 2 aliphatic rings. The zero-order valence-electron chi connectivity index (χ0n) is 16.2. The lowest BCUT2D eigenvalue weighted by molar-refractivity contribution is -0.117. The van der Waals surface area contributed by atoms with Crippen LogP contribution in [0.3, 0.4) is 0 Å². The summed E-state index contributed by atoms with van der Waals surface area (Å²) in [5, 5.41) is 3.42. The number of carbonyl (C=O) groups is 3. The first kappa shape index (κ1) is 19.7. The molecule has 2 heterocycles. The van der Waals surface area contributed by atoms with Crippen LogP contribution >= 0.6 is 11.3 Å². The van der Waals surface area contributed by atoms with Crippen molar-refractivity contribution in [1.82, 2.24) is 4.90 Å². The van der Waals surface area contributed by atoms with Crippen molar-refractivity contribution in [1.29, 1.82) is 0 Å². The molecule has 8 heteroatoms. The molecule has 1 saturated carbocycles. The molecule has 1 aromatic heterocycles. The minimum Gasteiger partial charge on any atom is -0.462 e. The van der Waals surface area contributed by atoms with E-state index in [-0.39, 0.29) is 25.0 Å². The summed E-state index contributed by atoms with van der Waals surface area (Å²) in [5.41, 5.74) is 0.542. The minimum atomic E-state index is -0.584. The average molecular weight is 394 g/mol. The van der Waals surface area contributed by atoms with Gasteiger partial charge in [0.2, 0.25) is 5.91 Å². The lowest BCUT2D eigenvalue weighted by Gasteiger charge is -2.30. The number of rotatable bonds is 4. The van der Waals surface area contributed by atoms with E-state index in [4.69, 9.17) is 9.47 Å². The maximum atomic E-state index is 12.6. The Kier molecular flexibility index (Phi) is 5.46. The minimum absolute atomic E-state index is 0.0393. The van der Waals surface area contributed by atoms with E-state index in [1.54, 1.807) is 11.8 Å². The van der Waals surface area contributed by atoms with Crippen LogP contribution in [0, 0.1) is 5.92 Å². The third-order valence-electron chi connectivity index (χ3n) is 4.36. The molecule has 0 radical (unpaired) electrons. The Morgan fingerprint density at radius 2 is 1.96 bits per heavy atom. The topological polar surface area (TPSA) is 84.9 Å². The Morgan fingerprint density at radius 3 is 2.56 bits per heavy atom. The Bertz CT molecular complexity index is 761. The van der Waals surface area contributed by atoms with Crippen molar-refractivity contribution in [2.24, 2.45) is 5.92 Å². The van der Waals surface area contributed by atoms with E-state index in [2.05, 4.69) is 5.32 Å². The highest BCUT2D eigenvalue weighted by Crippen LogP contribution is 2.39. The van der Waals surface area contributed by atoms with Crippen LogP contribution in [0.5, 0.6) is 0 Å². The second-order valence-corrected chi connectivity index (χ2v) is 8.95. The van der Waals surface area contributed by atoms with E-state index < -0.39 is 17.7 Å². The monoisotopic (exact) mass is 394 g/mol. The molecular formula is C19H26N2O5S. The highest BCUT2D eigenvalue weighted by atomic mass is 32.1. The molecule has 7 nitrogen and oxygen atoms in total. The number of fused-ring (bicyclic) bond motifs is 1. The van der Waals surface area contributed by atoms with Gasteiger partial charge in [0.05, 0.1) is 18.7 Å². The van der Waals surface area contributed by atoms with Crippen LogP contribution in [-0.4, -0.2) is 41.6 Å². The summed E-state index contributed by atoms with van der Waals surface area (Å²) in [4.78, 5) is 39.8. The van der Waals surface area contributed by atoms with Gasteiger partial charge in [-0.2, -0.15) is 0 Å².